The van der Waals surface area contributed by atoms with Crippen LogP contribution in [0.15, 0.2) is 30.3 Å². The van der Waals surface area contributed by atoms with E-state index in [-0.39, 0.29) is 11.7 Å². The first-order valence-corrected chi connectivity index (χ1v) is 10.7. The van der Waals surface area contributed by atoms with Gasteiger partial charge in [-0.2, -0.15) is 5.10 Å². The van der Waals surface area contributed by atoms with Crippen LogP contribution in [-0.4, -0.2) is 61.4 Å². The Morgan fingerprint density at radius 1 is 1.12 bits per heavy atom. The maximum Gasteiger partial charge on any atom is 0.200 e. The van der Waals surface area contributed by atoms with Gasteiger partial charge in [0.1, 0.15) is 17.2 Å². The van der Waals surface area contributed by atoms with E-state index < -0.39 is 0 Å². The smallest absolute Gasteiger partial charge is 0.200 e. The fourth-order valence-corrected chi connectivity index (χ4v) is 3.81. The minimum atomic E-state index is 0.122. The summed E-state index contributed by atoms with van der Waals surface area (Å²) in [6.45, 7) is 5.33. The van der Waals surface area contributed by atoms with Crippen LogP contribution < -0.4 is 14.4 Å². The fourth-order valence-electron chi connectivity index (χ4n) is 3.57. The Morgan fingerprint density at radius 3 is 2.47 bits per heavy atom. The highest BCUT2D eigenvalue weighted by Gasteiger charge is 2.20. The van der Waals surface area contributed by atoms with Crippen molar-refractivity contribution in [3.05, 3.63) is 40.7 Å². The van der Waals surface area contributed by atoms with E-state index in [1.807, 2.05) is 49.7 Å². The van der Waals surface area contributed by atoms with Gasteiger partial charge in [0.05, 0.1) is 37.8 Å². The van der Waals surface area contributed by atoms with E-state index in [1.54, 1.807) is 27.4 Å². The summed E-state index contributed by atoms with van der Waals surface area (Å²) in [4.78, 5) is 2.06. The number of H-pyrrole nitrogens is 1. The molecule has 0 bridgehead atoms. The quantitative estimate of drug-likeness (QED) is 0.456. The van der Waals surface area contributed by atoms with Crippen molar-refractivity contribution in [2.75, 3.05) is 46.4 Å². The predicted octanol–water partition coefficient (Wildman–Crippen LogP) is 4.53. The van der Waals surface area contributed by atoms with Crippen LogP contribution in [0.2, 0.25) is 0 Å². The van der Waals surface area contributed by atoms with Crippen molar-refractivity contribution < 1.29 is 19.3 Å². The molecule has 172 valence electrons. The van der Waals surface area contributed by atoms with Gasteiger partial charge in [-0.1, -0.05) is 13.8 Å². The summed E-state index contributed by atoms with van der Waals surface area (Å²) in [5.41, 5.74) is 3.25. The number of likely N-dealkylation sites (N-methyl/N-ethyl adjacent to an activating group) is 1. The number of phenols is 1. The molecule has 2 aromatic carbocycles. The number of nitrogens with zero attached hydrogens (tertiary/aromatic N) is 3. The van der Waals surface area contributed by atoms with Gasteiger partial charge in [0, 0.05) is 26.8 Å². The zero-order valence-corrected chi connectivity index (χ0v) is 20.1. The lowest BCUT2D eigenvalue weighted by Crippen LogP contribution is -2.22. The Kier molecular flexibility index (Phi) is 7.42. The Hall–Kier alpha value is -3.04. The van der Waals surface area contributed by atoms with Gasteiger partial charge in [0.25, 0.3) is 0 Å². The number of benzene rings is 2. The highest BCUT2D eigenvalue weighted by molar-refractivity contribution is 7.71. The van der Waals surface area contributed by atoms with E-state index in [9.17, 15) is 5.11 Å². The first-order chi connectivity index (χ1) is 15.3. The van der Waals surface area contributed by atoms with Crippen LogP contribution in [0.3, 0.4) is 0 Å². The molecule has 0 radical (unpaired) electrons. The van der Waals surface area contributed by atoms with Crippen molar-refractivity contribution in [2.24, 2.45) is 0 Å². The lowest BCUT2D eigenvalue weighted by molar-refractivity contribution is 0.206. The van der Waals surface area contributed by atoms with Gasteiger partial charge >= 0.3 is 0 Å². The molecular weight excluding hydrogens is 428 g/mol. The molecule has 3 rings (SSSR count). The number of anilines is 1. The van der Waals surface area contributed by atoms with Crippen LogP contribution in [0.1, 0.15) is 25.3 Å². The van der Waals surface area contributed by atoms with Crippen LogP contribution in [0.4, 0.5) is 5.69 Å². The first-order valence-electron chi connectivity index (χ1n) is 10.3. The monoisotopic (exact) mass is 458 g/mol. The number of phenolic OH excluding ortho intramolecular Hbond substituents is 1. The molecule has 0 aliphatic heterocycles. The molecule has 0 fully saturated rings. The van der Waals surface area contributed by atoms with Gasteiger partial charge < -0.3 is 24.2 Å². The van der Waals surface area contributed by atoms with Crippen molar-refractivity contribution in [1.29, 1.82) is 0 Å². The Bertz CT molecular complexity index is 1140. The average molecular weight is 459 g/mol. The molecule has 1 aromatic heterocycles. The molecule has 0 saturated heterocycles. The zero-order valence-electron chi connectivity index (χ0n) is 19.3. The fraction of sp³-hybridized carbons (Fsp3) is 0.391. The average Bonchev–Trinajstić information content (AvgIpc) is 3.17. The van der Waals surface area contributed by atoms with Gasteiger partial charge in [-0.05, 0) is 48.0 Å². The Balaban J connectivity index is 2.19. The summed E-state index contributed by atoms with van der Waals surface area (Å²) < 4.78 is 18.6. The van der Waals surface area contributed by atoms with Crippen LogP contribution in [-0.2, 0) is 4.74 Å². The summed E-state index contributed by atoms with van der Waals surface area (Å²) >= 11 is 5.57. The third-order valence-electron chi connectivity index (χ3n) is 5.35. The molecule has 0 aliphatic carbocycles. The Labute approximate surface area is 193 Å². The number of nitrogens with one attached hydrogen (secondary N) is 1. The highest BCUT2D eigenvalue weighted by Crippen LogP contribution is 2.39. The van der Waals surface area contributed by atoms with E-state index in [4.69, 9.17) is 26.4 Å². The maximum absolute atomic E-state index is 10.4. The number of methoxy groups -OCH3 is 3. The topological polar surface area (TPSA) is 84.8 Å². The number of aromatic nitrogens is 3. The van der Waals surface area contributed by atoms with Crippen LogP contribution in [0.25, 0.3) is 17.1 Å². The second-order valence-corrected chi connectivity index (χ2v) is 8.11. The van der Waals surface area contributed by atoms with Crippen LogP contribution in [0.5, 0.6) is 17.2 Å². The SMILES string of the molecule is COCCN(C)c1cc(-n2c(-c3cc(C(C)C)c(O)cc3OC)n[nH]c2=S)ccc1OC. The van der Waals surface area contributed by atoms with Gasteiger partial charge in [-0.3, -0.25) is 9.67 Å². The largest absolute Gasteiger partial charge is 0.508 e. The molecule has 8 nitrogen and oxygen atoms in total. The standard InChI is InChI=1S/C23H30N4O4S/c1-14(2)16-12-17(21(31-6)13-19(16)28)22-24-25-23(32)27(22)15-7-8-20(30-5)18(11-15)26(3)9-10-29-4/h7-8,11-14,28H,9-10H2,1-6H3,(H,25,32). The number of aromatic hydroxyl groups is 1. The van der Waals surface area contributed by atoms with Gasteiger partial charge in [-0.25, -0.2) is 0 Å². The molecule has 9 heteroatoms. The third-order valence-corrected chi connectivity index (χ3v) is 5.62. The molecule has 3 aromatic rings. The van der Waals surface area contributed by atoms with Crippen LogP contribution >= 0.6 is 12.2 Å². The molecule has 0 unspecified atom stereocenters. The molecule has 0 saturated carbocycles. The Morgan fingerprint density at radius 2 is 1.84 bits per heavy atom. The summed E-state index contributed by atoms with van der Waals surface area (Å²) in [5.74, 6) is 2.15. The first kappa shape index (κ1) is 23.6. The van der Waals surface area contributed by atoms with Gasteiger partial charge in [0.15, 0.2) is 10.6 Å². The van der Waals surface area contributed by atoms with E-state index in [0.717, 1.165) is 28.3 Å². The highest BCUT2D eigenvalue weighted by atomic mass is 32.1. The van der Waals surface area contributed by atoms with E-state index in [0.29, 0.717) is 29.5 Å². The predicted molar refractivity (Wildman–Crippen MR) is 128 cm³/mol. The lowest BCUT2D eigenvalue weighted by atomic mass is 9.98. The van der Waals surface area contributed by atoms with Crippen molar-refractivity contribution in [3.63, 3.8) is 0 Å². The second-order valence-electron chi connectivity index (χ2n) is 7.72. The third kappa shape index (κ3) is 4.58. The van der Waals surface area contributed by atoms with Crippen molar-refractivity contribution in [3.8, 4) is 34.3 Å². The molecule has 0 spiro atoms. The van der Waals surface area contributed by atoms with E-state index in [2.05, 4.69) is 15.1 Å². The van der Waals surface area contributed by atoms with Gasteiger partial charge in [0.2, 0.25) is 0 Å². The summed E-state index contributed by atoms with van der Waals surface area (Å²) in [7, 11) is 6.87. The number of rotatable bonds is 9. The molecule has 0 aliphatic rings. The van der Waals surface area contributed by atoms with E-state index >= 15 is 0 Å². The van der Waals surface area contributed by atoms with Gasteiger partial charge in [-0.15, -0.1) is 0 Å². The van der Waals surface area contributed by atoms with Crippen LogP contribution in [0, 0.1) is 4.77 Å². The van der Waals surface area contributed by atoms with Crippen molar-refractivity contribution >= 4 is 17.9 Å². The minimum absolute atomic E-state index is 0.122. The number of aromatic amines is 1. The molecule has 32 heavy (non-hydrogen) atoms. The summed E-state index contributed by atoms with van der Waals surface area (Å²) in [6.07, 6.45) is 0. The second kappa shape index (κ2) is 10.1. The summed E-state index contributed by atoms with van der Waals surface area (Å²) in [6, 6.07) is 9.34. The van der Waals surface area contributed by atoms with Crippen molar-refractivity contribution in [2.45, 2.75) is 19.8 Å². The maximum atomic E-state index is 10.4. The molecule has 1 heterocycles. The number of hydrogen-bond acceptors (Lipinski definition) is 7. The van der Waals surface area contributed by atoms with Crippen molar-refractivity contribution in [1.82, 2.24) is 14.8 Å². The minimum Gasteiger partial charge on any atom is -0.508 e. The van der Waals surface area contributed by atoms with E-state index in [1.165, 1.54) is 0 Å². The molecule has 0 amide bonds. The molecule has 0 atom stereocenters. The zero-order chi connectivity index (χ0) is 23.4. The lowest BCUT2D eigenvalue weighted by Gasteiger charge is -2.22. The number of hydrogen-bond donors (Lipinski definition) is 2. The number of ether oxygens (including phenoxy) is 3. The molecular formula is C23H30N4O4S. The normalized spacial score (nSPS) is 11.1. The summed E-state index contributed by atoms with van der Waals surface area (Å²) in [5, 5.41) is 17.8. The molecule has 2 N–H and O–H groups in total.